The van der Waals surface area contributed by atoms with Crippen LogP contribution in [0, 0.1) is 11.6 Å². The molecule has 0 amide bonds. The summed E-state index contributed by atoms with van der Waals surface area (Å²) in [7, 11) is 0. The first-order valence-corrected chi connectivity index (χ1v) is 8.14. The fourth-order valence-corrected chi connectivity index (χ4v) is 3.94. The monoisotopic (exact) mass is 301 g/mol. The summed E-state index contributed by atoms with van der Waals surface area (Å²) >= 11 is 1.93. The van der Waals surface area contributed by atoms with Crippen molar-refractivity contribution in [3.8, 4) is 0 Å². The van der Waals surface area contributed by atoms with E-state index >= 15 is 0 Å². The average molecular weight is 301 g/mol. The van der Waals surface area contributed by atoms with Gasteiger partial charge >= 0.3 is 0 Å². The van der Waals surface area contributed by atoms with E-state index in [0.29, 0.717) is 17.8 Å². The minimum atomic E-state index is -0.941. The molecule has 1 aromatic carbocycles. The molecule has 112 valence electrons. The molecule has 1 aliphatic rings. The molecule has 0 radical (unpaired) electrons. The number of hydrogen-bond acceptors (Lipinski definition) is 3. The molecule has 5 heteroatoms. The molecule has 2 N–H and O–H groups in total. The van der Waals surface area contributed by atoms with Crippen molar-refractivity contribution in [2.45, 2.75) is 43.6 Å². The molecule has 0 saturated heterocycles. The van der Waals surface area contributed by atoms with Crippen LogP contribution in [0.1, 0.15) is 37.9 Å². The molecule has 3 atom stereocenters. The molecule has 0 bridgehead atoms. The van der Waals surface area contributed by atoms with Crippen LogP contribution < -0.4 is 5.32 Å². The van der Waals surface area contributed by atoms with E-state index in [-0.39, 0.29) is 5.56 Å². The van der Waals surface area contributed by atoms with Crippen molar-refractivity contribution in [2.24, 2.45) is 0 Å². The normalized spacial score (nSPS) is 24.0. The predicted molar refractivity (Wildman–Crippen MR) is 78.9 cm³/mol. The van der Waals surface area contributed by atoms with Gasteiger partial charge in [0.15, 0.2) is 0 Å². The lowest BCUT2D eigenvalue weighted by Gasteiger charge is -2.22. The molecule has 1 fully saturated rings. The van der Waals surface area contributed by atoms with Gasteiger partial charge in [-0.2, -0.15) is 11.8 Å². The Morgan fingerprint density at radius 3 is 2.90 bits per heavy atom. The van der Waals surface area contributed by atoms with Crippen molar-refractivity contribution in [3.63, 3.8) is 0 Å². The van der Waals surface area contributed by atoms with Gasteiger partial charge in [-0.1, -0.05) is 19.4 Å². The first kappa shape index (κ1) is 15.7. The first-order valence-electron chi connectivity index (χ1n) is 7.09. The summed E-state index contributed by atoms with van der Waals surface area (Å²) in [5, 5.41) is 13.9. The van der Waals surface area contributed by atoms with Gasteiger partial charge in [0.25, 0.3) is 0 Å². The Kier molecular flexibility index (Phi) is 5.81. The van der Waals surface area contributed by atoms with E-state index in [2.05, 4.69) is 12.2 Å². The zero-order valence-corrected chi connectivity index (χ0v) is 12.4. The molecule has 0 heterocycles. The third-order valence-corrected chi connectivity index (χ3v) is 5.05. The van der Waals surface area contributed by atoms with E-state index in [0.717, 1.165) is 18.2 Å². The Morgan fingerprint density at radius 2 is 2.20 bits per heavy atom. The van der Waals surface area contributed by atoms with Crippen LogP contribution in [0.3, 0.4) is 0 Å². The molecule has 1 aliphatic carbocycles. The minimum Gasteiger partial charge on any atom is -0.387 e. The summed E-state index contributed by atoms with van der Waals surface area (Å²) < 4.78 is 26.4. The van der Waals surface area contributed by atoms with E-state index in [4.69, 9.17) is 0 Å². The molecule has 20 heavy (non-hydrogen) atoms. The second-order valence-electron chi connectivity index (χ2n) is 5.12. The summed E-state index contributed by atoms with van der Waals surface area (Å²) in [6.45, 7) is 2.44. The number of benzene rings is 1. The molecule has 1 saturated carbocycles. The van der Waals surface area contributed by atoms with E-state index in [1.807, 2.05) is 11.8 Å². The van der Waals surface area contributed by atoms with Crippen molar-refractivity contribution in [1.29, 1.82) is 0 Å². The highest BCUT2D eigenvalue weighted by molar-refractivity contribution is 7.99. The summed E-state index contributed by atoms with van der Waals surface area (Å²) in [5.74, 6) is -0.232. The molecule has 1 aromatic rings. The predicted octanol–water partition coefficient (Wildman–Crippen LogP) is 3.26. The summed E-state index contributed by atoms with van der Waals surface area (Å²) in [5.41, 5.74) is 0.150. The largest absolute Gasteiger partial charge is 0.387 e. The highest BCUT2D eigenvalue weighted by Gasteiger charge is 2.27. The van der Waals surface area contributed by atoms with Crippen molar-refractivity contribution in [3.05, 3.63) is 35.4 Å². The topological polar surface area (TPSA) is 32.3 Å². The van der Waals surface area contributed by atoms with Crippen LogP contribution >= 0.6 is 11.8 Å². The number of aliphatic hydroxyl groups excluding tert-OH is 1. The molecule has 2 rings (SSSR count). The van der Waals surface area contributed by atoms with E-state index < -0.39 is 17.7 Å². The van der Waals surface area contributed by atoms with Crippen LogP contribution in [-0.4, -0.2) is 28.7 Å². The molecule has 2 nitrogen and oxygen atoms in total. The Balaban J connectivity index is 1.89. The van der Waals surface area contributed by atoms with Gasteiger partial charge < -0.3 is 10.4 Å². The Bertz CT molecular complexity index is 444. The van der Waals surface area contributed by atoms with Crippen LogP contribution in [0.15, 0.2) is 18.2 Å². The van der Waals surface area contributed by atoms with Crippen LogP contribution in [0.4, 0.5) is 8.78 Å². The van der Waals surface area contributed by atoms with Gasteiger partial charge in [-0.25, -0.2) is 8.78 Å². The summed E-state index contributed by atoms with van der Waals surface area (Å²) in [6.07, 6.45) is 2.53. The van der Waals surface area contributed by atoms with Crippen molar-refractivity contribution < 1.29 is 13.9 Å². The maximum absolute atomic E-state index is 13.6. The zero-order valence-electron chi connectivity index (χ0n) is 11.6. The van der Waals surface area contributed by atoms with Gasteiger partial charge in [0, 0.05) is 29.5 Å². The fraction of sp³-hybridized carbons (Fsp3) is 0.600. The number of halogens is 2. The summed E-state index contributed by atoms with van der Waals surface area (Å²) in [6, 6.07) is 3.67. The van der Waals surface area contributed by atoms with E-state index in [9.17, 15) is 13.9 Å². The number of hydrogen-bond donors (Lipinski definition) is 2. The van der Waals surface area contributed by atoms with E-state index in [1.165, 1.54) is 25.0 Å². The lowest BCUT2D eigenvalue weighted by molar-refractivity contribution is 0.165. The number of thioether (sulfide) groups is 1. The lowest BCUT2D eigenvalue weighted by Crippen LogP contribution is -2.37. The molecule has 3 unspecified atom stereocenters. The Labute approximate surface area is 123 Å². The fourth-order valence-electron chi connectivity index (χ4n) is 2.72. The third kappa shape index (κ3) is 3.93. The molecular formula is C15H21F2NOS. The molecule has 0 aliphatic heterocycles. The maximum Gasteiger partial charge on any atom is 0.131 e. The third-order valence-electron chi connectivity index (χ3n) is 3.73. The van der Waals surface area contributed by atoms with Crippen molar-refractivity contribution in [2.75, 3.05) is 12.3 Å². The highest BCUT2D eigenvalue weighted by Crippen LogP contribution is 2.30. The van der Waals surface area contributed by atoms with Crippen LogP contribution in [-0.2, 0) is 0 Å². The van der Waals surface area contributed by atoms with Gasteiger partial charge in [-0.3, -0.25) is 0 Å². The number of rotatable bonds is 6. The Morgan fingerprint density at radius 1 is 1.40 bits per heavy atom. The summed E-state index contributed by atoms with van der Waals surface area (Å²) in [4.78, 5) is 0. The van der Waals surface area contributed by atoms with Crippen molar-refractivity contribution in [1.82, 2.24) is 5.32 Å². The molecule has 0 aromatic heterocycles. The number of aliphatic hydroxyl groups is 1. The van der Waals surface area contributed by atoms with Gasteiger partial charge in [0.05, 0.1) is 6.10 Å². The average Bonchev–Trinajstić information content (AvgIpc) is 2.84. The van der Waals surface area contributed by atoms with Gasteiger partial charge in [0.2, 0.25) is 0 Å². The highest BCUT2D eigenvalue weighted by atomic mass is 32.2. The van der Waals surface area contributed by atoms with Gasteiger partial charge in [-0.05, 0) is 24.7 Å². The zero-order chi connectivity index (χ0) is 14.5. The second kappa shape index (κ2) is 7.38. The minimum absolute atomic E-state index is 0.150. The smallest absolute Gasteiger partial charge is 0.131 e. The lowest BCUT2D eigenvalue weighted by atomic mass is 10.1. The van der Waals surface area contributed by atoms with Gasteiger partial charge in [0.1, 0.15) is 11.6 Å². The standard InChI is InChI=1S/C15H21F2NOS/c1-2-20-15-5-3-4-13(15)18-9-14(19)11-7-6-10(16)8-12(11)17/h6-8,13-15,18-19H,2-5,9H2,1H3. The van der Waals surface area contributed by atoms with Crippen LogP contribution in [0.2, 0.25) is 0 Å². The van der Waals surface area contributed by atoms with Crippen molar-refractivity contribution >= 4 is 11.8 Å². The van der Waals surface area contributed by atoms with E-state index in [1.54, 1.807) is 0 Å². The van der Waals surface area contributed by atoms with Gasteiger partial charge in [-0.15, -0.1) is 0 Å². The molecule has 0 spiro atoms. The first-order chi connectivity index (χ1) is 9.61. The quantitative estimate of drug-likeness (QED) is 0.846. The molecular weight excluding hydrogens is 280 g/mol. The SMILES string of the molecule is CCSC1CCCC1NCC(O)c1ccc(F)cc1F. The Hall–Kier alpha value is -0.650. The van der Waals surface area contributed by atoms with Crippen LogP contribution in [0.5, 0.6) is 0 Å². The number of nitrogens with one attached hydrogen (secondary N) is 1. The maximum atomic E-state index is 13.6. The van der Waals surface area contributed by atoms with Crippen LogP contribution in [0.25, 0.3) is 0 Å². The second-order valence-corrected chi connectivity index (χ2v) is 6.64.